The van der Waals surface area contributed by atoms with Crippen molar-refractivity contribution in [2.75, 3.05) is 11.9 Å². The van der Waals surface area contributed by atoms with Crippen LogP contribution in [0.1, 0.15) is 12.5 Å². The number of nitrogens with zero attached hydrogens (tertiary/aromatic N) is 2. The predicted molar refractivity (Wildman–Crippen MR) is 83.3 cm³/mol. The van der Waals surface area contributed by atoms with Crippen LogP contribution in [0.15, 0.2) is 48.8 Å². The van der Waals surface area contributed by atoms with Gasteiger partial charge in [0.2, 0.25) is 5.91 Å². The number of nitrogens with one attached hydrogen (secondary N) is 1. The van der Waals surface area contributed by atoms with Crippen molar-refractivity contribution in [1.29, 1.82) is 5.26 Å². The van der Waals surface area contributed by atoms with E-state index in [0.717, 1.165) is 11.3 Å². The van der Waals surface area contributed by atoms with Gasteiger partial charge in [-0.2, -0.15) is 5.26 Å². The lowest BCUT2D eigenvalue weighted by Crippen LogP contribution is -2.23. The molecule has 0 aliphatic carbocycles. The Balaban J connectivity index is 1.99. The minimum absolute atomic E-state index is 0.317. The van der Waals surface area contributed by atoms with Crippen LogP contribution in [0.5, 0.6) is 5.75 Å². The topological polar surface area (TPSA) is 75.0 Å². The third-order valence-corrected chi connectivity index (χ3v) is 3.09. The van der Waals surface area contributed by atoms with Crippen molar-refractivity contribution in [3.63, 3.8) is 0 Å². The Morgan fingerprint density at radius 1 is 1.27 bits per heavy atom. The first-order valence-electron chi connectivity index (χ1n) is 7.05. The van der Waals surface area contributed by atoms with Crippen LogP contribution in [0.3, 0.4) is 0 Å². The van der Waals surface area contributed by atoms with E-state index in [0.29, 0.717) is 18.7 Å². The molecule has 1 aromatic carbocycles. The number of hydrogen-bond donors (Lipinski definition) is 1. The van der Waals surface area contributed by atoms with E-state index in [4.69, 9.17) is 4.74 Å². The fourth-order valence-electron chi connectivity index (χ4n) is 1.99. The van der Waals surface area contributed by atoms with E-state index in [2.05, 4.69) is 16.4 Å². The summed E-state index contributed by atoms with van der Waals surface area (Å²) in [6, 6.07) is 12.8. The van der Waals surface area contributed by atoms with Crippen molar-refractivity contribution in [3.05, 3.63) is 54.4 Å². The summed E-state index contributed by atoms with van der Waals surface area (Å²) in [4.78, 5) is 16.0. The maximum absolute atomic E-state index is 12.1. The molecular weight excluding hydrogens is 278 g/mol. The summed E-state index contributed by atoms with van der Waals surface area (Å²) in [5.41, 5.74) is 1.55. The number of ether oxygens (including phenoxy) is 1. The summed E-state index contributed by atoms with van der Waals surface area (Å²) in [5, 5.41) is 11.9. The number of benzene rings is 1. The number of anilines is 1. The van der Waals surface area contributed by atoms with E-state index in [9.17, 15) is 10.1 Å². The average molecular weight is 295 g/mol. The lowest BCUT2D eigenvalue weighted by atomic mass is 9.99. The van der Waals surface area contributed by atoms with Gasteiger partial charge in [0.1, 0.15) is 11.7 Å². The third-order valence-electron chi connectivity index (χ3n) is 3.09. The van der Waals surface area contributed by atoms with Crippen LogP contribution in [0.4, 0.5) is 5.69 Å². The van der Waals surface area contributed by atoms with Crippen LogP contribution >= 0.6 is 0 Å². The monoisotopic (exact) mass is 295 g/mol. The summed E-state index contributed by atoms with van der Waals surface area (Å²) in [6.07, 6.45) is 3.53. The summed E-state index contributed by atoms with van der Waals surface area (Å²) in [7, 11) is 0. The fourth-order valence-corrected chi connectivity index (χ4v) is 1.99. The normalized spacial score (nSPS) is 11.3. The maximum atomic E-state index is 12.1. The van der Waals surface area contributed by atoms with E-state index in [1.54, 1.807) is 24.5 Å². The average Bonchev–Trinajstić information content (AvgIpc) is 2.55. The van der Waals surface area contributed by atoms with E-state index in [1.165, 1.54) is 0 Å². The van der Waals surface area contributed by atoms with Gasteiger partial charge in [-0.25, -0.2) is 0 Å². The Labute approximate surface area is 129 Å². The number of hydrogen-bond acceptors (Lipinski definition) is 4. The Bertz CT molecular complexity index is 648. The molecule has 5 heteroatoms. The molecule has 1 heterocycles. The van der Waals surface area contributed by atoms with Gasteiger partial charge in [-0.1, -0.05) is 12.1 Å². The summed E-state index contributed by atoms with van der Waals surface area (Å²) < 4.78 is 5.37. The van der Waals surface area contributed by atoms with Crippen molar-refractivity contribution in [3.8, 4) is 11.8 Å². The highest BCUT2D eigenvalue weighted by Gasteiger charge is 2.18. The molecule has 1 atom stereocenters. The number of aromatic nitrogens is 1. The molecule has 0 spiro atoms. The third kappa shape index (κ3) is 4.32. The van der Waals surface area contributed by atoms with Crippen molar-refractivity contribution in [2.24, 2.45) is 5.92 Å². The largest absolute Gasteiger partial charge is 0.494 e. The van der Waals surface area contributed by atoms with Gasteiger partial charge in [0.05, 0.1) is 12.7 Å². The standard InChI is InChI=1S/C17H17N3O2/c1-2-22-16-5-3-13(4-6-16)11-14(12-18)17(21)20-15-7-9-19-10-8-15/h3-10,14H,2,11H2,1H3,(H,19,20,21)/t14-/m0/s1. The zero-order valence-corrected chi connectivity index (χ0v) is 12.3. The lowest BCUT2D eigenvalue weighted by Gasteiger charge is -2.11. The minimum Gasteiger partial charge on any atom is -0.494 e. The van der Waals surface area contributed by atoms with Gasteiger partial charge in [0.25, 0.3) is 0 Å². The second-order valence-electron chi connectivity index (χ2n) is 4.69. The van der Waals surface area contributed by atoms with Gasteiger partial charge in [0, 0.05) is 18.1 Å². The van der Waals surface area contributed by atoms with Crippen LogP contribution in [-0.4, -0.2) is 17.5 Å². The first-order valence-corrected chi connectivity index (χ1v) is 7.05. The Morgan fingerprint density at radius 3 is 2.55 bits per heavy atom. The molecule has 22 heavy (non-hydrogen) atoms. The van der Waals surface area contributed by atoms with Crippen molar-refractivity contribution >= 4 is 11.6 Å². The number of amides is 1. The van der Waals surface area contributed by atoms with Crippen molar-refractivity contribution < 1.29 is 9.53 Å². The Kier molecular flexibility index (Phi) is 5.50. The number of pyridine rings is 1. The smallest absolute Gasteiger partial charge is 0.242 e. The van der Waals surface area contributed by atoms with Gasteiger partial charge in [-0.15, -0.1) is 0 Å². The summed E-state index contributed by atoms with van der Waals surface area (Å²) in [6.45, 7) is 2.53. The highest BCUT2D eigenvalue weighted by atomic mass is 16.5. The van der Waals surface area contributed by atoms with Crippen LogP contribution in [-0.2, 0) is 11.2 Å². The number of carbonyl (C=O) groups is 1. The molecule has 0 radical (unpaired) electrons. The molecule has 5 nitrogen and oxygen atoms in total. The lowest BCUT2D eigenvalue weighted by molar-refractivity contribution is -0.118. The zero-order valence-electron chi connectivity index (χ0n) is 12.3. The first-order chi connectivity index (χ1) is 10.7. The minimum atomic E-state index is -0.744. The fraction of sp³-hybridized carbons (Fsp3) is 0.235. The van der Waals surface area contributed by atoms with Crippen LogP contribution in [0.25, 0.3) is 0 Å². The molecule has 2 aromatic rings. The van der Waals surface area contributed by atoms with Gasteiger partial charge >= 0.3 is 0 Å². The molecule has 1 aromatic heterocycles. The molecule has 0 bridgehead atoms. The van der Waals surface area contributed by atoms with Crippen molar-refractivity contribution in [2.45, 2.75) is 13.3 Å². The molecule has 2 rings (SSSR count). The second kappa shape index (κ2) is 7.79. The van der Waals surface area contributed by atoms with E-state index < -0.39 is 5.92 Å². The highest BCUT2D eigenvalue weighted by Crippen LogP contribution is 2.16. The van der Waals surface area contributed by atoms with Crippen LogP contribution in [0.2, 0.25) is 0 Å². The molecule has 0 fully saturated rings. The quantitative estimate of drug-likeness (QED) is 0.889. The van der Waals surface area contributed by atoms with Gasteiger partial charge < -0.3 is 10.1 Å². The predicted octanol–water partition coefficient (Wildman–Crippen LogP) is 2.80. The van der Waals surface area contributed by atoms with Crippen molar-refractivity contribution in [1.82, 2.24) is 4.98 Å². The molecule has 1 N–H and O–H groups in total. The Hall–Kier alpha value is -2.87. The van der Waals surface area contributed by atoms with Crippen LogP contribution in [0, 0.1) is 17.2 Å². The van der Waals surface area contributed by atoms with Gasteiger partial charge in [-0.3, -0.25) is 9.78 Å². The molecule has 0 unspecified atom stereocenters. The van der Waals surface area contributed by atoms with E-state index in [-0.39, 0.29) is 5.91 Å². The number of carbonyl (C=O) groups excluding carboxylic acids is 1. The molecule has 0 saturated heterocycles. The highest BCUT2D eigenvalue weighted by molar-refractivity contribution is 5.94. The SMILES string of the molecule is CCOc1ccc(C[C@@H](C#N)C(=O)Nc2ccncc2)cc1. The van der Waals surface area contributed by atoms with Gasteiger partial charge in [0.15, 0.2) is 0 Å². The van der Waals surface area contributed by atoms with E-state index in [1.807, 2.05) is 31.2 Å². The maximum Gasteiger partial charge on any atom is 0.242 e. The number of rotatable bonds is 6. The molecule has 0 aliphatic rings. The van der Waals surface area contributed by atoms with Gasteiger partial charge in [-0.05, 0) is 43.2 Å². The molecular formula is C17H17N3O2. The summed E-state index contributed by atoms with van der Waals surface area (Å²) >= 11 is 0. The number of nitriles is 1. The zero-order chi connectivity index (χ0) is 15.8. The first kappa shape index (κ1) is 15.5. The molecule has 112 valence electrons. The molecule has 1 amide bonds. The second-order valence-corrected chi connectivity index (χ2v) is 4.69. The Morgan fingerprint density at radius 2 is 1.95 bits per heavy atom. The summed E-state index contributed by atoms with van der Waals surface area (Å²) in [5.74, 6) is -0.283. The van der Waals surface area contributed by atoms with E-state index >= 15 is 0 Å². The molecule has 0 saturated carbocycles. The van der Waals surface area contributed by atoms with Crippen LogP contribution < -0.4 is 10.1 Å². The molecule has 0 aliphatic heterocycles.